The van der Waals surface area contributed by atoms with Crippen molar-refractivity contribution in [3.05, 3.63) is 58.2 Å². The van der Waals surface area contributed by atoms with E-state index in [0.29, 0.717) is 42.2 Å². The minimum atomic E-state index is -4.59. The topological polar surface area (TPSA) is 73.4 Å². The van der Waals surface area contributed by atoms with Gasteiger partial charge in [0.05, 0.1) is 24.1 Å². The van der Waals surface area contributed by atoms with E-state index < -0.39 is 17.6 Å². The SMILES string of the molecule is Nc1ccc2nc(C(F)(F)F)n(C[C@H]3CCC[C@]4(C3)CN(Cc3csc5ccc(Cl)cc35)C(=O)O4)c2c1. The molecule has 4 aromatic rings. The number of fused-ring (bicyclic) bond motifs is 2. The van der Waals surface area contributed by atoms with Gasteiger partial charge in [-0.25, -0.2) is 9.78 Å². The van der Waals surface area contributed by atoms with Gasteiger partial charge < -0.3 is 15.0 Å². The molecule has 6 nitrogen and oxygen atoms in total. The summed E-state index contributed by atoms with van der Waals surface area (Å²) in [6.45, 7) is 0.932. The first-order valence-electron chi connectivity index (χ1n) is 12.1. The van der Waals surface area contributed by atoms with Crippen LogP contribution < -0.4 is 5.73 Å². The Morgan fingerprint density at radius 2 is 2.08 bits per heavy atom. The van der Waals surface area contributed by atoms with Crippen molar-refractivity contribution in [2.45, 2.75) is 50.6 Å². The van der Waals surface area contributed by atoms with E-state index in [4.69, 9.17) is 22.1 Å². The van der Waals surface area contributed by atoms with Crippen LogP contribution in [0.3, 0.4) is 0 Å². The Morgan fingerprint density at radius 3 is 2.89 bits per heavy atom. The van der Waals surface area contributed by atoms with Crippen molar-refractivity contribution in [2.24, 2.45) is 5.92 Å². The van der Waals surface area contributed by atoms with Gasteiger partial charge in [-0.3, -0.25) is 4.90 Å². The van der Waals surface area contributed by atoms with Gasteiger partial charge >= 0.3 is 12.3 Å². The molecule has 1 amide bonds. The zero-order valence-corrected chi connectivity index (χ0v) is 21.3. The summed E-state index contributed by atoms with van der Waals surface area (Å²) in [4.78, 5) is 18.5. The van der Waals surface area contributed by atoms with Gasteiger partial charge in [0.2, 0.25) is 5.82 Å². The number of rotatable bonds is 4. The van der Waals surface area contributed by atoms with E-state index in [2.05, 4.69) is 4.98 Å². The maximum atomic E-state index is 13.9. The molecule has 37 heavy (non-hydrogen) atoms. The lowest BCUT2D eigenvalue weighted by Crippen LogP contribution is -2.40. The highest BCUT2D eigenvalue weighted by atomic mass is 35.5. The number of thiophene rings is 1. The Bertz CT molecular complexity index is 1520. The number of nitrogens with zero attached hydrogens (tertiary/aromatic N) is 3. The van der Waals surface area contributed by atoms with Crippen LogP contribution in [0.25, 0.3) is 21.1 Å². The van der Waals surface area contributed by atoms with Crippen molar-refractivity contribution in [3.8, 4) is 0 Å². The molecule has 1 aliphatic heterocycles. The number of carbonyl (C=O) groups excluding carboxylic acids is 1. The van der Waals surface area contributed by atoms with Gasteiger partial charge in [0.1, 0.15) is 5.60 Å². The lowest BCUT2D eigenvalue weighted by Gasteiger charge is -2.36. The van der Waals surface area contributed by atoms with Crippen LogP contribution in [-0.2, 0) is 24.0 Å². The van der Waals surface area contributed by atoms with Crippen LogP contribution in [0.2, 0.25) is 5.02 Å². The molecular formula is C26H24ClF3N4O2S. The molecule has 6 rings (SSSR count). The number of nitrogens with two attached hydrogens (primary N) is 1. The monoisotopic (exact) mass is 548 g/mol. The van der Waals surface area contributed by atoms with E-state index >= 15 is 0 Å². The third-order valence-electron chi connectivity index (χ3n) is 7.39. The van der Waals surface area contributed by atoms with Gasteiger partial charge in [0.25, 0.3) is 0 Å². The summed E-state index contributed by atoms with van der Waals surface area (Å²) < 4.78 is 49.8. The third-order valence-corrected chi connectivity index (χ3v) is 8.64. The molecule has 2 aromatic heterocycles. The highest BCUT2D eigenvalue weighted by Gasteiger charge is 2.48. The normalized spacial score (nSPS) is 22.4. The minimum Gasteiger partial charge on any atom is -0.441 e. The first kappa shape index (κ1) is 24.4. The number of nitrogen functional groups attached to an aromatic ring is 1. The van der Waals surface area contributed by atoms with Crippen molar-refractivity contribution < 1.29 is 22.7 Å². The minimum absolute atomic E-state index is 0.109. The van der Waals surface area contributed by atoms with Crippen LogP contribution in [0.4, 0.5) is 23.7 Å². The van der Waals surface area contributed by atoms with Crippen LogP contribution in [-0.4, -0.2) is 32.7 Å². The number of hydrogen-bond donors (Lipinski definition) is 1. The van der Waals surface area contributed by atoms with Gasteiger partial charge in [-0.05, 0) is 84.3 Å². The molecule has 1 saturated heterocycles. The van der Waals surface area contributed by atoms with Crippen LogP contribution in [0.1, 0.15) is 37.1 Å². The van der Waals surface area contributed by atoms with Gasteiger partial charge in [-0.1, -0.05) is 11.6 Å². The fraction of sp³-hybridized carbons (Fsp3) is 0.385. The average molecular weight is 549 g/mol. The number of anilines is 1. The molecule has 0 unspecified atom stereocenters. The quantitative estimate of drug-likeness (QED) is 0.276. The summed E-state index contributed by atoms with van der Waals surface area (Å²) >= 11 is 7.78. The molecule has 1 aliphatic carbocycles. The number of amides is 1. The van der Waals surface area contributed by atoms with E-state index in [1.807, 2.05) is 23.6 Å². The van der Waals surface area contributed by atoms with E-state index in [0.717, 1.165) is 28.5 Å². The number of carbonyl (C=O) groups is 1. The Hall–Kier alpha value is -2.98. The largest absolute Gasteiger partial charge is 0.449 e. The highest BCUT2D eigenvalue weighted by Crippen LogP contribution is 2.43. The number of alkyl halides is 3. The lowest BCUT2D eigenvalue weighted by atomic mass is 9.78. The molecule has 2 aliphatic rings. The van der Waals surface area contributed by atoms with Crippen LogP contribution in [0.15, 0.2) is 41.8 Å². The zero-order valence-electron chi connectivity index (χ0n) is 19.7. The van der Waals surface area contributed by atoms with Crippen LogP contribution in [0, 0.1) is 5.92 Å². The standard InChI is InChI=1S/C26H24ClF3N4O2S/c27-17-3-6-22-19(8-17)16(13-37-22)12-33-14-25(36-24(33)35)7-1-2-15(10-25)11-34-21-9-18(31)4-5-20(21)32-23(34)26(28,29)30/h3-6,8-9,13,15H,1-2,7,10-12,14,31H2/t15-,25-/m0/s1. The Balaban J connectivity index is 1.23. The van der Waals surface area contributed by atoms with E-state index in [1.165, 1.54) is 16.7 Å². The van der Waals surface area contributed by atoms with Crippen molar-refractivity contribution in [3.63, 3.8) is 0 Å². The predicted octanol–water partition coefficient (Wildman–Crippen LogP) is 7.09. The van der Waals surface area contributed by atoms with E-state index in [1.54, 1.807) is 22.3 Å². The molecule has 3 heterocycles. The molecule has 2 fully saturated rings. The maximum Gasteiger partial charge on any atom is 0.449 e. The van der Waals surface area contributed by atoms with Gasteiger partial charge in [-0.15, -0.1) is 11.3 Å². The molecule has 2 atom stereocenters. The second kappa shape index (κ2) is 8.80. The van der Waals surface area contributed by atoms with Crippen LogP contribution >= 0.6 is 22.9 Å². The first-order chi connectivity index (χ1) is 17.6. The molecule has 2 N–H and O–H groups in total. The van der Waals surface area contributed by atoms with Gasteiger partial charge in [0, 0.05) is 22.0 Å². The summed E-state index contributed by atoms with van der Waals surface area (Å²) in [5.74, 6) is -1.04. The molecule has 194 valence electrons. The molecule has 0 radical (unpaired) electrons. The summed E-state index contributed by atoms with van der Waals surface area (Å²) in [6, 6.07) is 10.3. The summed E-state index contributed by atoms with van der Waals surface area (Å²) in [5, 5.41) is 3.67. The average Bonchev–Trinajstić information content (AvgIpc) is 3.48. The summed E-state index contributed by atoms with van der Waals surface area (Å²) in [5.41, 5.74) is 7.16. The number of ether oxygens (including phenoxy) is 1. The molecule has 1 spiro atoms. The Kier molecular flexibility index (Phi) is 5.80. The summed E-state index contributed by atoms with van der Waals surface area (Å²) in [6.07, 6.45) is -2.30. The fourth-order valence-electron chi connectivity index (χ4n) is 5.83. The second-order valence-electron chi connectivity index (χ2n) is 10.1. The highest BCUT2D eigenvalue weighted by molar-refractivity contribution is 7.17. The molecule has 11 heteroatoms. The van der Waals surface area contributed by atoms with Crippen molar-refractivity contribution >= 4 is 55.8 Å². The molecule has 1 saturated carbocycles. The smallest absolute Gasteiger partial charge is 0.441 e. The van der Waals surface area contributed by atoms with Crippen molar-refractivity contribution in [1.82, 2.24) is 14.5 Å². The third kappa shape index (κ3) is 4.50. The van der Waals surface area contributed by atoms with Crippen molar-refractivity contribution in [1.29, 1.82) is 0 Å². The number of imidazole rings is 1. The second-order valence-corrected chi connectivity index (χ2v) is 11.4. The zero-order chi connectivity index (χ0) is 25.9. The molecular weight excluding hydrogens is 525 g/mol. The number of hydrogen-bond acceptors (Lipinski definition) is 5. The predicted molar refractivity (Wildman–Crippen MR) is 138 cm³/mol. The van der Waals surface area contributed by atoms with E-state index in [9.17, 15) is 18.0 Å². The van der Waals surface area contributed by atoms with Gasteiger partial charge in [0.15, 0.2) is 0 Å². The fourth-order valence-corrected chi connectivity index (χ4v) is 6.94. The first-order valence-corrected chi connectivity index (χ1v) is 13.3. The summed E-state index contributed by atoms with van der Waals surface area (Å²) in [7, 11) is 0. The number of aromatic nitrogens is 2. The maximum absolute atomic E-state index is 13.9. The Labute approximate surface area is 219 Å². The van der Waals surface area contributed by atoms with E-state index in [-0.39, 0.29) is 24.1 Å². The lowest BCUT2D eigenvalue weighted by molar-refractivity contribution is -0.147. The molecule has 2 aromatic carbocycles. The van der Waals surface area contributed by atoms with Crippen LogP contribution in [0.5, 0.6) is 0 Å². The molecule has 0 bridgehead atoms. The van der Waals surface area contributed by atoms with Gasteiger partial charge in [-0.2, -0.15) is 13.2 Å². The van der Waals surface area contributed by atoms with Crippen molar-refractivity contribution in [2.75, 3.05) is 12.3 Å². The number of benzene rings is 2. The number of halogens is 4. The Morgan fingerprint density at radius 1 is 1.24 bits per heavy atom.